The predicted octanol–water partition coefficient (Wildman–Crippen LogP) is 1.14. The summed E-state index contributed by atoms with van der Waals surface area (Å²) >= 11 is 0. The van der Waals surface area contributed by atoms with Crippen LogP contribution in [0.4, 0.5) is 4.79 Å². The maximum absolute atomic E-state index is 11.9. The fourth-order valence-electron chi connectivity index (χ4n) is 2.45. The van der Waals surface area contributed by atoms with Crippen molar-refractivity contribution in [2.45, 2.75) is 44.6 Å². The highest BCUT2D eigenvalue weighted by Gasteiger charge is 2.24. The molecule has 0 aliphatic heterocycles. The van der Waals surface area contributed by atoms with Crippen LogP contribution in [0.3, 0.4) is 0 Å². The van der Waals surface area contributed by atoms with E-state index in [9.17, 15) is 14.4 Å². The smallest absolute Gasteiger partial charge is 0.326 e. The first-order valence-electron chi connectivity index (χ1n) is 6.86. The number of hydrogen-bond acceptors (Lipinski definition) is 3. The highest BCUT2D eigenvalue weighted by molar-refractivity contribution is 5.82. The van der Waals surface area contributed by atoms with Crippen molar-refractivity contribution >= 4 is 18.0 Å². The van der Waals surface area contributed by atoms with Crippen molar-refractivity contribution in [1.82, 2.24) is 10.2 Å². The van der Waals surface area contributed by atoms with Crippen LogP contribution in [0, 0.1) is 5.92 Å². The van der Waals surface area contributed by atoms with Crippen LogP contribution in [0.2, 0.25) is 0 Å². The molecule has 1 fully saturated rings. The molecule has 1 unspecified atom stereocenters. The van der Waals surface area contributed by atoms with E-state index in [-0.39, 0.29) is 12.8 Å². The molecule has 2 amide bonds. The third-order valence-electron chi connectivity index (χ3n) is 3.60. The number of urea groups is 1. The Morgan fingerprint density at radius 3 is 2.35 bits per heavy atom. The number of nitrogens with one attached hydrogen (secondary N) is 1. The summed E-state index contributed by atoms with van der Waals surface area (Å²) in [4.78, 5) is 34.8. The minimum Gasteiger partial charge on any atom is -0.481 e. The Balaban J connectivity index is 2.42. The lowest BCUT2D eigenvalue weighted by Crippen LogP contribution is -2.47. The maximum Gasteiger partial charge on any atom is 0.326 e. The summed E-state index contributed by atoms with van der Waals surface area (Å²) in [7, 11) is 1.63. The molecule has 7 heteroatoms. The molecule has 0 bridgehead atoms. The van der Waals surface area contributed by atoms with Crippen molar-refractivity contribution in [1.29, 1.82) is 0 Å². The molecule has 0 aromatic rings. The minimum absolute atomic E-state index is 0.117. The van der Waals surface area contributed by atoms with Gasteiger partial charge in [-0.3, -0.25) is 4.79 Å². The van der Waals surface area contributed by atoms with Gasteiger partial charge in [0.05, 0.1) is 0 Å². The Morgan fingerprint density at radius 2 is 1.85 bits per heavy atom. The average molecular weight is 286 g/mol. The molecule has 20 heavy (non-hydrogen) atoms. The van der Waals surface area contributed by atoms with E-state index in [1.807, 2.05) is 0 Å². The molecule has 1 aliphatic carbocycles. The van der Waals surface area contributed by atoms with Crippen LogP contribution >= 0.6 is 0 Å². The summed E-state index contributed by atoms with van der Waals surface area (Å²) < 4.78 is 0. The lowest BCUT2D eigenvalue weighted by molar-refractivity contribution is -0.140. The number of nitrogens with zero attached hydrogens (tertiary/aromatic N) is 1. The van der Waals surface area contributed by atoms with Crippen LogP contribution < -0.4 is 5.32 Å². The zero-order valence-electron chi connectivity index (χ0n) is 11.7. The van der Waals surface area contributed by atoms with Gasteiger partial charge in [-0.1, -0.05) is 12.8 Å². The van der Waals surface area contributed by atoms with Crippen LogP contribution in [0.15, 0.2) is 0 Å². The van der Waals surface area contributed by atoms with E-state index in [1.165, 1.54) is 17.7 Å². The topological polar surface area (TPSA) is 107 Å². The highest BCUT2D eigenvalue weighted by atomic mass is 16.4. The summed E-state index contributed by atoms with van der Waals surface area (Å²) in [5.74, 6) is -1.81. The molecule has 0 aromatic heterocycles. The van der Waals surface area contributed by atoms with E-state index in [1.54, 1.807) is 7.05 Å². The lowest BCUT2D eigenvalue weighted by atomic mass is 10.1. The Kier molecular flexibility index (Phi) is 6.27. The fraction of sp³-hybridized carbons (Fsp3) is 0.769. The number of aliphatic carboxylic acids is 2. The van der Waals surface area contributed by atoms with E-state index in [0.29, 0.717) is 12.5 Å². The van der Waals surface area contributed by atoms with Gasteiger partial charge in [0.1, 0.15) is 6.04 Å². The average Bonchev–Trinajstić information content (AvgIpc) is 2.86. The van der Waals surface area contributed by atoms with Crippen molar-refractivity contribution in [3.05, 3.63) is 0 Å². The molecule has 3 N–H and O–H groups in total. The molecule has 1 rings (SSSR count). The Bertz CT molecular complexity index is 366. The monoisotopic (exact) mass is 286 g/mol. The molecule has 0 aromatic carbocycles. The zero-order valence-corrected chi connectivity index (χ0v) is 11.7. The van der Waals surface area contributed by atoms with E-state index >= 15 is 0 Å². The number of carboxylic acid groups (broad SMARTS) is 2. The van der Waals surface area contributed by atoms with Gasteiger partial charge in [0, 0.05) is 20.0 Å². The summed E-state index contributed by atoms with van der Waals surface area (Å²) in [6, 6.07) is -1.63. The summed E-state index contributed by atoms with van der Waals surface area (Å²) in [5.41, 5.74) is 0. The normalized spacial score (nSPS) is 16.6. The molecule has 0 saturated heterocycles. The number of carbonyl (C=O) groups excluding carboxylic acids is 1. The van der Waals surface area contributed by atoms with Crippen molar-refractivity contribution in [3.63, 3.8) is 0 Å². The van der Waals surface area contributed by atoms with Gasteiger partial charge >= 0.3 is 18.0 Å². The molecule has 1 atom stereocenters. The summed E-state index contributed by atoms with van der Waals surface area (Å²) in [5, 5.41) is 19.9. The first-order valence-corrected chi connectivity index (χ1v) is 6.86. The maximum atomic E-state index is 11.9. The van der Waals surface area contributed by atoms with Crippen LogP contribution in [0.5, 0.6) is 0 Å². The standard InChI is InChI=1S/C13H22N2O5/c1-15(8-9-4-2-3-5-9)13(20)14-10(12(18)19)6-7-11(16)17/h9-10H,2-8H2,1H3,(H,14,20)(H,16,17)(H,18,19). The molecule has 0 radical (unpaired) electrons. The second-order valence-corrected chi connectivity index (χ2v) is 5.30. The highest BCUT2D eigenvalue weighted by Crippen LogP contribution is 2.25. The van der Waals surface area contributed by atoms with Gasteiger partial charge in [0.25, 0.3) is 0 Å². The number of rotatable bonds is 7. The molecule has 1 saturated carbocycles. The van der Waals surface area contributed by atoms with Crippen molar-refractivity contribution in [2.24, 2.45) is 5.92 Å². The Morgan fingerprint density at radius 1 is 1.25 bits per heavy atom. The molecule has 0 heterocycles. The van der Waals surface area contributed by atoms with E-state index in [2.05, 4.69) is 5.32 Å². The summed E-state index contributed by atoms with van der Waals surface area (Å²) in [6.07, 6.45) is 4.14. The van der Waals surface area contributed by atoms with Crippen molar-refractivity contribution < 1.29 is 24.6 Å². The van der Waals surface area contributed by atoms with Gasteiger partial charge in [0.15, 0.2) is 0 Å². The van der Waals surface area contributed by atoms with Crippen molar-refractivity contribution in [3.8, 4) is 0 Å². The molecule has 0 spiro atoms. The molecule has 114 valence electrons. The fourth-order valence-corrected chi connectivity index (χ4v) is 2.45. The van der Waals surface area contributed by atoms with E-state index < -0.39 is 24.0 Å². The van der Waals surface area contributed by atoms with Gasteiger partial charge in [0.2, 0.25) is 0 Å². The Hall–Kier alpha value is -1.79. The minimum atomic E-state index is -1.21. The van der Waals surface area contributed by atoms with Crippen LogP contribution in [0.1, 0.15) is 38.5 Å². The molecular formula is C13H22N2O5. The van der Waals surface area contributed by atoms with Gasteiger partial charge in [-0.25, -0.2) is 9.59 Å². The van der Waals surface area contributed by atoms with Crippen molar-refractivity contribution in [2.75, 3.05) is 13.6 Å². The second kappa shape index (κ2) is 7.72. The molecule has 1 aliphatic rings. The van der Waals surface area contributed by atoms with Gasteiger partial charge in [-0.2, -0.15) is 0 Å². The van der Waals surface area contributed by atoms with E-state index in [0.717, 1.165) is 12.8 Å². The van der Waals surface area contributed by atoms with Crippen LogP contribution in [-0.4, -0.2) is 52.7 Å². The largest absolute Gasteiger partial charge is 0.481 e. The van der Waals surface area contributed by atoms with Crippen LogP contribution in [0.25, 0.3) is 0 Å². The third-order valence-corrected chi connectivity index (χ3v) is 3.60. The number of hydrogen-bond donors (Lipinski definition) is 3. The van der Waals surface area contributed by atoms with Gasteiger partial charge in [-0.05, 0) is 25.2 Å². The van der Waals surface area contributed by atoms with E-state index in [4.69, 9.17) is 10.2 Å². The third kappa shape index (κ3) is 5.46. The number of carbonyl (C=O) groups is 3. The number of amides is 2. The second-order valence-electron chi connectivity index (χ2n) is 5.30. The first-order chi connectivity index (χ1) is 9.40. The first kappa shape index (κ1) is 16.3. The van der Waals surface area contributed by atoms with Gasteiger partial charge in [-0.15, -0.1) is 0 Å². The summed E-state index contributed by atoms with van der Waals surface area (Å²) in [6.45, 7) is 0.608. The zero-order chi connectivity index (χ0) is 15.1. The SMILES string of the molecule is CN(CC1CCCC1)C(=O)NC(CCC(=O)O)C(=O)O. The van der Waals surface area contributed by atoms with Crippen LogP contribution in [-0.2, 0) is 9.59 Å². The lowest BCUT2D eigenvalue weighted by Gasteiger charge is -2.23. The molecular weight excluding hydrogens is 264 g/mol. The quantitative estimate of drug-likeness (QED) is 0.650. The predicted molar refractivity (Wildman–Crippen MR) is 71.4 cm³/mol. The number of carboxylic acids is 2. The Labute approximate surface area is 117 Å². The van der Waals surface area contributed by atoms with Gasteiger partial charge < -0.3 is 20.4 Å². The molecule has 7 nitrogen and oxygen atoms in total.